The number of carbonyl (C=O) groups excluding carboxylic acids is 1. The van der Waals surface area contributed by atoms with Gasteiger partial charge in [-0.2, -0.15) is 5.10 Å². The normalized spacial score (nSPS) is 11.1. The average Bonchev–Trinajstić information content (AvgIpc) is 3.21. The van der Waals surface area contributed by atoms with E-state index in [1.165, 1.54) is 0 Å². The van der Waals surface area contributed by atoms with E-state index in [1.807, 2.05) is 66.2 Å². The predicted molar refractivity (Wildman–Crippen MR) is 123 cm³/mol. The van der Waals surface area contributed by atoms with Crippen LogP contribution >= 0.6 is 0 Å². The third-order valence-corrected chi connectivity index (χ3v) is 4.98. The lowest BCUT2D eigenvalue weighted by Crippen LogP contribution is -2.29. The summed E-state index contributed by atoms with van der Waals surface area (Å²) in [4.78, 5) is 21.8. The number of nitrogens with one attached hydrogen (secondary N) is 2. The fourth-order valence-corrected chi connectivity index (χ4v) is 3.24. The summed E-state index contributed by atoms with van der Waals surface area (Å²) in [6.45, 7) is 7.14. The number of carbonyl (C=O) groups is 1. The minimum atomic E-state index is -0.0885. The highest BCUT2D eigenvalue weighted by Crippen LogP contribution is 2.24. The van der Waals surface area contributed by atoms with Crippen LogP contribution in [0.2, 0.25) is 0 Å². The summed E-state index contributed by atoms with van der Waals surface area (Å²) in [5, 5.41) is 11.7. The molecule has 0 aliphatic heterocycles. The van der Waals surface area contributed by atoms with Gasteiger partial charge in [0.1, 0.15) is 11.6 Å². The number of nitrogens with zero attached hydrogens (tertiary/aromatic N) is 4. The molecule has 0 atom stereocenters. The Bertz CT molecular complexity index is 1180. The van der Waals surface area contributed by atoms with Crippen LogP contribution in [0.3, 0.4) is 0 Å². The Hall–Kier alpha value is -3.74. The number of anilines is 1. The van der Waals surface area contributed by atoms with Crippen LogP contribution in [0.5, 0.6) is 0 Å². The van der Waals surface area contributed by atoms with Crippen LogP contribution in [0.25, 0.3) is 16.7 Å². The van der Waals surface area contributed by atoms with Gasteiger partial charge in [0, 0.05) is 24.6 Å². The standard InChI is InChI=1S/C24H26N6O/c1-16(2)21-28-22(25-13-14-26-24(31)18-11-9-17(3)10-12-18)20-15-27-30(23(20)29-21)19-7-5-4-6-8-19/h4-12,15-16H,13-14H2,1-3H3,(H,26,31)(H,25,28,29). The summed E-state index contributed by atoms with van der Waals surface area (Å²) in [5.41, 5.74) is 3.49. The Morgan fingerprint density at radius 3 is 2.45 bits per heavy atom. The Labute approximate surface area is 181 Å². The number of amides is 1. The minimum Gasteiger partial charge on any atom is -0.368 e. The fraction of sp³-hybridized carbons (Fsp3) is 0.250. The lowest BCUT2D eigenvalue weighted by atomic mass is 10.1. The maximum Gasteiger partial charge on any atom is 0.251 e. The summed E-state index contributed by atoms with van der Waals surface area (Å²) in [6.07, 6.45) is 1.78. The molecule has 4 rings (SSSR count). The second-order valence-electron chi connectivity index (χ2n) is 7.76. The zero-order valence-corrected chi connectivity index (χ0v) is 18.0. The molecule has 158 valence electrons. The molecule has 31 heavy (non-hydrogen) atoms. The summed E-state index contributed by atoms with van der Waals surface area (Å²) in [5.74, 6) is 1.55. The van der Waals surface area contributed by atoms with Gasteiger partial charge in [-0.05, 0) is 31.2 Å². The fourth-order valence-electron chi connectivity index (χ4n) is 3.24. The molecule has 2 N–H and O–H groups in total. The molecule has 2 aromatic carbocycles. The number of para-hydroxylation sites is 1. The zero-order valence-electron chi connectivity index (χ0n) is 18.0. The monoisotopic (exact) mass is 414 g/mol. The number of aryl methyl sites for hydroxylation is 1. The van der Waals surface area contributed by atoms with Gasteiger partial charge in [0.2, 0.25) is 0 Å². The first-order valence-electron chi connectivity index (χ1n) is 10.4. The van der Waals surface area contributed by atoms with Crippen LogP contribution < -0.4 is 10.6 Å². The smallest absolute Gasteiger partial charge is 0.251 e. The van der Waals surface area contributed by atoms with Gasteiger partial charge >= 0.3 is 0 Å². The van der Waals surface area contributed by atoms with Crippen molar-refractivity contribution in [1.82, 2.24) is 25.1 Å². The van der Waals surface area contributed by atoms with E-state index < -0.39 is 0 Å². The topological polar surface area (TPSA) is 84.7 Å². The molecule has 0 aliphatic carbocycles. The molecule has 2 heterocycles. The lowest BCUT2D eigenvalue weighted by Gasteiger charge is -2.12. The molecule has 0 fully saturated rings. The average molecular weight is 415 g/mol. The molecule has 7 nitrogen and oxygen atoms in total. The van der Waals surface area contributed by atoms with Gasteiger partial charge in [-0.1, -0.05) is 49.7 Å². The molecule has 0 saturated carbocycles. The Morgan fingerprint density at radius 1 is 1.00 bits per heavy atom. The van der Waals surface area contributed by atoms with Crippen molar-refractivity contribution >= 4 is 22.8 Å². The number of rotatable bonds is 7. The van der Waals surface area contributed by atoms with Crippen molar-refractivity contribution in [2.75, 3.05) is 18.4 Å². The van der Waals surface area contributed by atoms with E-state index in [0.717, 1.165) is 33.9 Å². The van der Waals surface area contributed by atoms with Crippen LogP contribution in [0.15, 0.2) is 60.8 Å². The first-order valence-corrected chi connectivity index (χ1v) is 10.4. The summed E-state index contributed by atoms with van der Waals surface area (Å²) in [6, 6.07) is 17.5. The van der Waals surface area contributed by atoms with Gasteiger partial charge < -0.3 is 10.6 Å². The molecule has 0 saturated heterocycles. The number of fused-ring (bicyclic) bond motifs is 1. The summed E-state index contributed by atoms with van der Waals surface area (Å²) >= 11 is 0. The molecule has 4 aromatic rings. The Morgan fingerprint density at radius 2 is 1.74 bits per heavy atom. The van der Waals surface area contributed by atoms with Gasteiger partial charge in [0.15, 0.2) is 5.65 Å². The molecule has 0 spiro atoms. The van der Waals surface area contributed by atoms with Gasteiger partial charge in [-0.15, -0.1) is 0 Å². The van der Waals surface area contributed by atoms with E-state index in [-0.39, 0.29) is 11.8 Å². The molecule has 0 aliphatic rings. The quantitative estimate of drug-likeness (QED) is 0.445. The molecule has 0 unspecified atom stereocenters. The van der Waals surface area contributed by atoms with E-state index >= 15 is 0 Å². The number of aromatic nitrogens is 4. The zero-order chi connectivity index (χ0) is 21.8. The lowest BCUT2D eigenvalue weighted by molar-refractivity contribution is 0.0955. The van der Waals surface area contributed by atoms with Crippen molar-refractivity contribution in [2.45, 2.75) is 26.7 Å². The van der Waals surface area contributed by atoms with Gasteiger partial charge in [-0.25, -0.2) is 14.6 Å². The van der Waals surface area contributed by atoms with E-state index in [9.17, 15) is 4.79 Å². The number of hydrogen-bond donors (Lipinski definition) is 2. The molecule has 1 amide bonds. The van der Waals surface area contributed by atoms with E-state index in [1.54, 1.807) is 6.20 Å². The Kier molecular flexibility index (Phi) is 5.93. The van der Waals surface area contributed by atoms with Crippen LogP contribution in [0.4, 0.5) is 5.82 Å². The van der Waals surface area contributed by atoms with Crippen molar-refractivity contribution in [3.05, 3.63) is 77.7 Å². The second-order valence-corrected chi connectivity index (χ2v) is 7.76. The number of benzene rings is 2. The SMILES string of the molecule is Cc1ccc(C(=O)NCCNc2nc(C(C)C)nc3c2cnn3-c2ccccc2)cc1. The maximum absolute atomic E-state index is 12.3. The van der Waals surface area contributed by atoms with E-state index in [4.69, 9.17) is 9.97 Å². The molecular formula is C24H26N6O. The van der Waals surface area contributed by atoms with Crippen molar-refractivity contribution < 1.29 is 4.79 Å². The third-order valence-electron chi connectivity index (χ3n) is 4.98. The van der Waals surface area contributed by atoms with Crippen LogP contribution in [0, 0.1) is 6.92 Å². The first kappa shape index (κ1) is 20.5. The van der Waals surface area contributed by atoms with Crippen molar-refractivity contribution in [1.29, 1.82) is 0 Å². The highest BCUT2D eigenvalue weighted by molar-refractivity contribution is 5.94. The van der Waals surface area contributed by atoms with Crippen LogP contribution in [0.1, 0.15) is 41.5 Å². The highest BCUT2D eigenvalue weighted by atomic mass is 16.1. The van der Waals surface area contributed by atoms with E-state index in [0.29, 0.717) is 18.7 Å². The molecule has 0 radical (unpaired) electrons. The maximum atomic E-state index is 12.3. The molecule has 7 heteroatoms. The summed E-state index contributed by atoms with van der Waals surface area (Å²) in [7, 11) is 0. The molecule has 0 bridgehead atoms. The van der Waals surface area contributed by atoms with Gasteiger partial charge in [-0.3, -0.25) is 4.79 Å². The van der Waals surface area contributed by atoms with Crippen LogP contribution in [-0.2, 0) is 0 Å². The minimum absolute atomic E-state index is 0.0885. The van der Waals surface area contributed by atoms with Crippen molar-refractivity contribution in [2.24, 2.45) is 0 Å². The van der Waals surface area contributed by atoms with Crippen LogP contribution in [-0.4, -0.2) is 38.7 Å². The number of hydrogen-bond acceptors (Lipinski definition) is 5. The van der Waals surface area contributed by atoms with Gasteiger partial charge in [0.25, 0.3) is 5.91 Å². The highest BCUT2D eigenvalue weighted by Gasteiger charge is 2.15. The van der Waals surface area contributed by atoms with E-state index in [2.05, 4.69) is 29.6 Å². The van der Waals surface area contributed by atoms with Crippen molar-refractivity contribution in [3.63, 3.8) is 0 Å². The van der Waals surface area contributed by atoms with Crippen molar-refractivity contribution in [3.8, 4) is 5.69 Å². The Balaban J connectivity index is 1.51. The second kappa shape index (κ2) is 8.95. The van der Waals surface area contributed by atoms with Gasteiger partial charge in [0.05, 0.1) is 17.3 Å². The third kappa shape index (κ3) is 4.55. The molecular weight excluding hydrogens is 388 g/mol. The summed E-state index contributed by atoms with van der Waals surface area (Å²) < 4.78 is 1.83. The molecule has 2 aromatic heterocycles. The largest absolute Gasteiger partial charge is 0.368 e. The predicted octanol–water partition coefficient (Wildman–Crippen LogP) is 4.09. The first-order chi connectivity index (χ1) is 15.0.